The molecular weight excluding hydrogens is 290 g/mol. The van der Waals surface area contributed by atoms with E-state index in [4.69, 9.17) is 10.5 Å². The Kier molecular flexibility index (Phi) is 8.16. The molecule has 3 N–H and O–H groups in total. The number of guanidine groups is 1. The summed E-state index contributed by atoms with van der Waals surface area (Å²) in [7, 11) is 0. The predicted octanol–water partition coefficient (Wildman–Crippen LogP) is 3.27. The number of nitrogens with one attached hydrogen (secondary N) is 1. The van der Waals surface area contributed by atoms with Gasteiger partial charge in [-0.05, 0) is 44.2 Å². The summed E-state index contributed by atoms with van der Waals surface area (Å²) >= 11 is 0. The van der Waals surface area contributed by atoms with E-state index in [1.807, 2.05) is 13.8 Å². The van der Waals surface area contributed by atoms with Crippen molar-refractivity contribution in [3.63, 3.8) is 0 Å². The van der Waals surface area contributed by atoms with E-state index in [1.165, 1.54) is 11.1 Å². The molecular formula is C18H29N3O2. The first-order chi connectivity index (χ1) is 11.0. The lowest BCUT2D eigenvalue weighted by atomic mass is 10.0. The molecule has 0 atom stereocenters. The summed E-state index contributed by atoms with van der Waals surface area (Å²) in [5.74, 6) is 0.198. The number of rotatable bonds is 8. The second-order valence-electron chi connectivity index (χ2n) is 5.69. The van der Waals surface area contributed by atoms with Crippen molar-refractivity contribution in [3.05, 3.63) is 29.3 Å². The fraction of sp³-hybridized carbons (Fsp3) is 0.556. The first kappa shape index (κ1) is 19.0. The Balaban J connectivity index is 2.56. The van der Waals surface area contributed by atoms with E-state index in [0.29, 0.717) is 25.3 Å². The Labute approximate surface area is 139 Å². The number of aliphatic imine (C=N–C) groups is 1. The molecule has 0 heterocycles. The van der Waals surface area contributed by atoms with Gasteiger partial charge in [0, 0.05) is 18.7 Å². The van der Waals surface area contributed by atoms with Gasteiger partial charge in [-0.2, -0.15) is 0 Å². The van der Waals surface area contributed by atoms with Gasteiger partial charge < -0.3 is 15.8 Å². The number of ether oxygens (including phenoxy) is 1. The number of esters is 1. The number of hydrogen-bond donors (Lipinski definition) is 2. The lowest BCUT2D eigenvalue weighted by molar-refractivity contribution is -0.147. The summed E-state index contributed by atoms with van der Waals surface area (Å²) in [5, 5.41) is 3.21. The van der Waals surface area contributed by atoms with Crippen LogP contribution in [0.3, 0.4) is 0 Å². The van der Waals surface area contributed by atoms with Crippen molar-refractivity contribution < 1.29 is 9.53 Å². The first-order valence-electron chi connectivity index (χ1n) is 8.35. The fourth-order valence-corrected chi connectivity index (χ4v) is 2.32. The van der Waals surface area contributed by atoms with Crippen LogP contribution in [0.1, 0.15) is 51.7 Å². The number of nitrogens with two attached hydrogens (primary N) is 1. The highest BCUT2D eigenvalue weighted by Gasteiger charge is 2.07. The van der Waals surface area contributed by atoms with Crippen molar-refractivity contribution in [2.45, 2.75) is 59.5 Å². The number of para-hydroxylation sites is 1. The maximum absolute atomic E-state index is 11.4. The second-order valence-corrected chi connectivity index (χ2v) is 5.69. The maximum atomic E-state index is 11.4. The van der Waals surface area contributed by atoms with Crippen molar-refractivity contribution in [2.24, 2.45) is 10.7 Å². The van der Waals surface area contributed by atoms with Gasteiger partial charge in [-0.25, -0.2) is 0 Å². The Morgan fingerprint density at radius 2 is 1.87 bits per heavy atom. The molecule has 0 bridgehead atoms. The van der Waals surface area contributed by atoms with Gasteiger partial charge in [0.1, 0.15) is 0 Å². The number of nitrogens with zero attached hydrogens (tertiary/aromatic N) is 1. The SMILES string of the molecule is CCc1cccc(CC)c1NC(N)=NCCCC(=O)OC(C)C. The molecule has 0 saturated carbocycles. The first-order valence-corrected chi connectivity index (χ1v) is 8.35. The van der Waals surface area contributed by atoms with E-state index in [2.05, 4.69) is 42.4 Å². The van der Waals surface area contributed by atoms with Crippen molar-refractivity contribution in [1.82, 2.24) is 0 Å². The van der Waals surface area contributed by atoms with Crippen LogP contribution in [0.5, 0.6) is 0 Å². The molecule has 1 rings (SSSR count). The molecule has 0 aromatic heterocycles. The van der Waals surface area contributed by atoms with Gasteiger partial charge in [0.15, 0.2) is 5.96 Å². The minimum atomic E-state index is -0.189. The molecule has 1 aromatic rings. The van der Waals surface area contributed by atoms with Crippen LogP contribution in [-0.4, -0.2) is 24.6 Å². The number of aryl methyl sites for hydroxylation is 2. The Morgan fingerprint density at radius 1 is 1.26 bits per heavy atom. The average molecular weight is 319 g/mol. The van der Waals surface area contributed by atoms with E-state index in [0.717, 1.165) is 18.5 Å². The molecule has 1 aromatic carbocycles. The lowest BCUT2D eigenvalue weighted by Crippen LogP contribution is -2.24. The summed E-state index contributed by atoms with van der Waals surface area (Å²) in [5.41, 5.74) is 9.48. The minimum Gasteiger partial charge on any atom is -0.463 e. The van der Waals surface area contributed by atoms with Crippen LogP contribution in [0.4, 0.5) is 5.69 Å². The van der Waals surface area contributed by atoms with Gasteiger partial charge in [-0.3, -0.25) is 9.79 Å². The molecule has 128 valence electrons. The average Bonchev–Trinajstić information content (AvgIpc) is 2.51. The van der Waals surface area contributed by atoms with Gasteiger partial charge >= 0.3 is 5.97 Å². The molecule has 0 spiro atoms. The second kappa shape index (κ2) is 9.87. The molecule has 0 aliphatic rings. The zero-order chi connectivity index (χ0) is 17.2. The molecule has 0 radical (unpaired) electrons. The number of hydrogen-bond acceptors (Lipinski definition) is 3. The highest BCUT2D eigenvalue weighted by atomic mass is 16.5. The van der Waals surface area contributed by atoms with Crippen LogP contribution in [0, 0.1) is 0 Å². The van der Waals surface area contributed by atoms with Crippen LogP contribution in [-0.2, 0) is 22.4 Å². The standard InChI is InChI=1S/C18H29N3O2/c1-5-14-9-7-10-15(6-2)17(14)21-18(19)20-12-8-11-16(22)23-13(3)4/h7,9-10,13H,5-6,8,11-12H2,1-4H3,(H3,19,20,21). The molecule has 0 saturated heterocycles. The van der Waals surface area contributed by atoms with E-state index in [-0.39, 0.29) is 12.1 Å². The highest BCUT2D eigenvalue weighted by Crippen LogP contribution is 2.22. The van der Waals surface area contributed by atoms with E-state index in [9.17, 15) is 4.79 Å². The summed E-state index contributed by atoms with van der Waals surface area (Å²) in [4.78, 5) is 15.7. The van der Waals surface area contributed by atoms with Crippen LogP contribution >= 0.6 is 0 Å². The fourth-order valence-electron chi connectivity index (χ4n) is 2.32. The van der Waals surface area contributed by atoms with Gasteiger partial charge in [0.25, 0.3) is 0 Å². The quantitative estimate of drug-likeness (QED) is 0.334. The van der Waals surface area contributed by atoms with Gasteiger partial charge in [0.2, 0.25) is 0 Å². The molecule has 5 nitrogen and oxygen atoms in total. The predicted molar refractivity (Wildman–Crippen MR) is 95.8 cm³/mol. The monoisotopic (exact) mass is 319 g/mol. The number of carbonyl (C=O) groups is 1. The molecule has 23 heavy (non-hydrogen) atoms. The molecule has 5 heteroatoms. The van der Waals surface area contributed by atoms with E-state index < -0.39 is 0 Å². The van der Waals surface area contributed by atoms with Crippen molar-refractivity contribution in [3.8, 4) is 0 Å². The normalized spacial score (nSPS) is 11.6. The largest absolute Gasteiger partial charge is 0.463 e. The number of carbonyl (C=O) groups excluding carboxylic acids is 1. The molecule has 0 amide bonds. The summed E-state index contributed by atoms with van der Waals surface area (Å²) < 4.78 is 5.08. The third-order valence-corrected chi connectivity index (χ3v) is 3.44. The van der Waals surface area contributed by atoms with Crippen LogP contribution in [0.25, 0.3) is 0 Å². The molecule has 0 aliphatic carbocycles. The summed E-state index contributed by atoms with van der Waals surface area (Å²) in [6.07, 6.45) is 2.79. The number of benzene rings is 1. The Hall–Kier alpha value is -2.04. The van der Waals surface area contributed by atoms with Crippen LogP contribution < -0.4 is 11.1 Å². The molecule has 0 unspecified atom stereocenters. The maximum Gasteiger partial charge on any atom is 0.306 e. The van der Waals surface area contributed by atoms with Gasteiger partial charge in [0.05, 0.1) is 6.10 Å². The smallest absolute Gasteiger partial charge is 0.306 e. The van der Waals surface area contributed by atoms with E-state index >= 15 is 0 Å². The van der Waals surface area contributed by atoms with Gasteiger partial charge in [-0.1, -0.05) is 32.0 Å². The van der Waals surface area contributed by atoms with E-state index in [1.54, 1.807) is 0 Å². The zero-order valence-corrected chi connectivity index (χ0v) is 14.7. The lowest BCUT2D eigenvalue weighted by Gasteiger charge is -2.14. The van der Waals surface area contributed by atoms with Crippen molar-refractivity contribution >= 4 is 17.6 Å². The van der Waals surface area contributed by atoms with Crippen LogP contribution in [0.2, 0.25) is 0 Å². The Bertz CT molecular complexity index is 517. The summed E-state index contributed by atoms with van der Waals surface area (Å²) in [6.45, 7) is 8.42. The summed E-state index contributed by atoms with van der Waals surface area (Å²) in [6, 6.07) is 6.25. The van der Waals surface area contributed by atoms with Crippen molar-refractivity contribution in [2.75, 3.05) is 11.9 Å². The topological polar surface area (TPSA) is 76.7 Å². The third kappa shape index (κ3) is 6.72. The van der Waals surface area contributed by atoms with Crippen molar-refractivity contribution in [1.29, 1.82) is 0 Å². The molecule has 0 aliphatic heterocycles. The van der Waals surface area contributed by atoms with Crippen LogP contribution in [0.15, 0.2) is 23.2 Å². The zero-order valence-electron chi connectivity index (χ0n) is 14.7. The highest BCUT2D eigenvalue weighted by molar-refractivity contribution is 5.93. The molecule has 0 fully saturated rings. The third-order valence-electron chi connectivity index (χ3n) is 3.44. The van der Waals surface area contributed by atoms with Gasteiger partial charge in [-0.15, -0.1) is 0 Å². The Morgan fingerprint density at radius 3 is 2.39 bits per heavy atom. The minimum absolute atomic E-state index is 0.0734. The number of anilines is 1.